The van der Waals surface area contributed by atoms with Gasteiger partial charge in [0, 0.05) is 18.0 Å². The second-order valence-corrected chi connectivity index (χ2v) is 9.41. The average molecular weight is 425 g/mol. The number of nitrogens with zero attached hydrogens (tertiary/aromatic N) is 4. The highest BCUT2D eigenvalue weighted by Gasteiger charge is 2.33. The fourth-order valence-electron chi connectivity index (χ4n) is 4.32. The molecule has 162 valence electrons. The Morgan fingerprint density at radius 1 is 0.875 bits per heavy atom. The Morgan fingerprint density at radius 2 is 1.53 bits per heavy atom. The maximum Gasteiger partial charge on any atom is 0.227 e. The zero-order valence-corrected chi connectivity index (χ0v) is 18.8. The monoisotopic (exact) mass is 424 g/mol. The topological polar surface area (TPSA) is 43.1 Å². The van der Waals surface area contributed by atoms with Crippen molar-refractivity contribution in [2.75, 3.05) is 0 Å². The zero-order valence-electron chi connectivity index (χ0n) is 18.8. The van der Waals surface area contributed by atoms with Gasteiger partial charge >= 0.3 is 0 Å². The van der Waals surface area contributed by atoms with Crippen LogP contribution in [0.25, 0.3) is 16.9 Å². The number of hydrogen-bond acceptors (Lipinski definition) is 2. The minimum atomic E-state index is -0.140. The summed E-state index contributed by atoms with van der Waals surface area (Å²) in [5, 5.41) is 4.90. The van der Waals surface area contributed by atoms with Crippen molar-refractivity contribution >= 4 is 5.91 Å². The Morgan fingerprint density at radius 3 is 2.19 bits per heavy atom. The first kappa shape index (κ1) is 20.3. The molecule has 0 atom stereocenters. The zero-order chi connectivity index (χ0) is 22.3. The molecule has 5 nitrogen and oxygen atoms in total. The molecule has 5 heteroatoms. The third-order valence-corrected chi connectivity index (χ3v) is 5.98. The van der Waals surface area contributed by atoms with Gasteiger partial charge in [0.1, 0.15) is 5.82 Å². The SMILES string of the molecule is CC(C)(C)n1nc2c(c1-n1cccc1)CN(C(=O)Cc1ccc(-c3ccccc3)cc1)C2. The van der Waals surface area contributed by atoms with Crippen LogP contribution < -0.4 is 0 Å². The normalized spacial score (nSPS) is 13.4. The van der Waals surface area contributed by atoms with E-state index in [2.05, 4.69) is 66.4 Å². The fourth-order valence-corrected chi connectivity index (χ4v) is 4.32. The molecular formula is C27H28N4O. The molecule has 1 aliphatic heterocycles. The summed E-state index contributed by atoms with van der Waals surface area (Å²) in [6, 6.07) is 22.6. The van der Waals surface area contributed by atoms with E-state index in [9.17, 15) is 4.79 Å². The Balaban J connectivity index is 1.34. The van der Waals surface area contributed by atoms with Crippen molar-refractivity contribution in [2.45, 2.75) is 45.8 Å². The van der Waals surface area contributed by atoms with Gasteiger partial charge in [-0.1, -0.05) is 54.6 Å². The lowest BCUT2D eigenvalue weighted by Gasteiger charge is -2.24. The van der Waals surface area contributed by atoms with E-state index in [0.29, 0.717) is 19.5 Å². The summed E-state index contributed by atoms with van der Waals surface area (Å²) in [6.07, 6.45) is 4.48. The van der Waals surface area contributed by atoms with Gasteiger partial charge in [-0.05, 0) is 49.6 Å². The molecule has 5 rings (SSSR count). The van der Waals surface area contributed by atoms with Crippen LogP contribution in [0.4, 0.5) is 0 Å². The van der Waals surface area contributed by atoms with E-state index < -0.39 is 0 Å². The van der Waals surface area contributed by atoms with Gasteiger partial charge in [-0.15, -0.1) is 0 Å². The molecular weight excluding hydrogens is 396 g/mol. The molecule has 1 aliphatic rings. The summed E-state index contributed by atoms with van der Waals surface area (Å²) < 4.78 is 4.19. The summed E-state index contributed by atoms with van der Waals surface area (Å²) in [6.45, 7) is 7.63. The molecule has 0 bridgehead atoms. The molecule has 2 aromatic carbocycles. The maximum atomic E-state index is 13.1. The lowest BCUT2D eigenvalue weighted by molar-refractivity contribution is -0.131. The molecule has 0 spiro atoms. The van der Waals surface area contributed by atoms with Crippen molar-refractivity contribution in [3.05, 3.63) is 95.9 Å². The predicted octanol–water partition coefficient (Wildman–Crippen LogP) is 5.18. The fraction of sp³-hybridized carbons (Fsp3) is 0.259. The van der Waals surface area contributed by atoms with E-state index in [-0.39, 0.29) is 11.4 Å². The Hall–Kier alpha value is -3.60. The molecule has 0 N–H and O–H groups in total. The Kier molecular flexibility index (Phi) is 4.97. The van der Waals surface area contributed by atoms with E-state index in [4.69, 9.17) is 5.10 Å². The first-order chi connectivity index (χ1) is 15.4. The molecule has 0 saturated carbocycles. The van der Waals surface area contributed by atoms with Crippen LogP contribution in [-0.2, 0) is 29.8 Å². The van der Waals surface area contributed by atoms with E-state index >= 15 is 0 Å². The second-order valence-electron chi connectivity index (χ2n) is 9.41. The van der Waals surface area contributed by atoms with Gasteiger partial charge in [0.2, 0.25) is 5.91 Å². The number of aromatic nitrogens is 3. The lowest BCUT2D eigenvalue weighted by Crippen LogP contribution is -2.30. The van der Waals surface area contributed by atoms with E-state index in [1.54, 1.807) is 0 Å². The van der Waals surface area contributed by atoms with Crippen molar-refractivity contribution in [1.29, 1.82) is 0 Å². The van der Waals surface area contributed by atoms with Crippen LogP contribution in [0.3, 0.4) is 0 Å². The highest BCUT2D eigenvalue weighted by atomic mass is 16.2. The highest BCUT2D eigenvalue weighted by Crippen LogP contribution is 2.32. The number of amides is 1. The van der Waals surface area contributed by atoms with Crippen molar-refractivity contribution in [2.24, 2.45) is 0 Å². The number of rotatable bonds is 4. The smallest absolute Gasteiger partial charge is 0.227 e. The van der Waals surface area contributed by atoms with Crippen molar-refractivity contribution in [3.8, 4) is 16.9 Å². The first-order valence-electron chi connectivity index (χ1n) is 11.1. The van der Waals surface area contributed by atoms with E-state index in [0.717, 1.165) is 28.2 Å². The molecule has 0 aliphatic carbocycles. The standard InChI is InChI=1S/C27H28N4O/c1-27(2,3)31-26(29-15-7-8-16-29)23-18-30(19-24(23)28-31)25(32)17-20-11-13-22(14-12-20)21-9-5-4-6-10-21/h4-16H,17-19H2,1-3H3. The van der Waals surface area contributed by atoms with Gasteiger partial charge in [-0.3, -0.25) is 4.79 Å². The Labute approximate surface area is 188 Å². The third-order valence-electron chi connectivity index (χ3n) is 5.98. The van der Waals surface area contributed by atoms with Crippen LogP contribution in [-0.4, -0.2) is 25.2 Å². The summed E-state index contributed by atoms with van der Waals surface area (Å²) in [4.78, 5) is 15.0. The number of benzene rings is 2. The molecule has 3 heterocycles. The van der Waals surface area contributed by atoms with Crippen LogP contribution >= 0.6 is 0 Å². The van der Waals surface area contributed by atoms with Gasteiger partial charge in [0.25, 0.3) is 0 Å². The lowest BCUT2D eigenvalue weighted by atomic mass is 10.0. The molecule has 1 amide bonds. The molecule has 0 fully saturated rings. The molecule has 2 aromatic heterocycles. The van der Waals surface area contributed by atoms with Gasteiger partial charge in [-0.25, -0.2) is 4.68 Å². The van der Waals surface area contributed by atoms with Crippen LogP contribution in [0.15, 0.2) is 79.1 Å². The molecule has 0 saturated heterocycles. The maximum absolute atomic E-state index is 13.1. The van der Waals surface area contributed by atoms with Gasteiger partial charge in [-0.2, -0.15) is 5.10 Å². The largest absolute Gasteiger partial charge is 0.332 e. The molecule has 4 aromatic rings. The molecule has 32 heavy (non-hydrogen) atoms. The number of carbonyl (C=O) groups excluding carboxylic acids is 1. The van der Waals surface area contributed by atoms with Crippen LogP contribution in [0.5, 0.6) is 0 Å². The number of hydrogen-bond donors (Lipinski definition) is 0. The molecule has 0 unspecified atom stereocenters. The quantitative estimate of drug-likeness (QED) is 0.453. The van der Waals surface area contributed by atoms with Crippen molar-refractivity contribution in [1.82, 2.24) is 19.2 Å². The van der Waals surface area contributed by atoms with Gasteiger partial charge in [0.05, 0.1) is 30.7 Å². The number of carbonyl (C=O) groups is 1. The summed E-state index contributed by atoms with van der Waals surface area (Å²) in [5.74, 6) is 1.19. The van der Waals surface area contributed by atoms with Crippen LogP contribution in [0, 0.1) is 0 Å². The third kappa shape index (κ3) is 3.75. The van der Waals surface area contributed by atoms with Crippen LogP contribution in [0.2, 0.25) is 0 Å². The van der Waals surface area contributed by atoms with E-state index in [1.807, 2.05) is 47.6 Å². The second kappa shape index (κ2) is 7.83. The Bertz CT molecular complexity index is 1230. The first-order valence-corrected chi connectivity index (χ1v) is 11.1. The van der Waals surface area contributed by atoms with E-state index in [1.165, 1.54) is 5.56 Å². The van der Waals surface area contributed by atoms with Gasteiger partial charge in [0.15, 0.2) is 0 Å². The van der Waals surface area contributed by atoms with Crippen molar-refractivity contribution < 1.29 is 4.79 Å². The average Bonchev–Trinajstić information content (AvgIpc) is 3.50. The predicted molar refractivity (Wildman–Crippen MR) is 126 cm³/mol. The van der Waals surface area contributed by atoms with Crippen molar-refractivity contribution in [3.63, 3.8) is 0 Å². The van der Waals surface area contributed by atoms with Gasteiger partial charge < -0.3 is 9.47 Å². The highest BCUT2D eigenvalue weighted by molar-refractivity contribution is 5.80. The molecule has 0 radical (unpaired) electrons. The summed E-state index contributed by atoms with van der Waals surface area (Å²) in [7, 11) is 0. The minimum absolute atomic E-state index is 0.135. The van der Waals surface area contributed by atoms with Crippen LogP contribution in [0.1, 0.15) is 37.6 Å². The summed E-state index contributed by atoms with van der Waals surface area (Å²) in [5.41, 5.74) is 5.38. The minimum Gasteiger partial charge on any atom is -0.332 e. The summed E-state index contributed by atoms with van der Waals surface area (Å²) >= 11 is 0. The number of fused-ring (bicyclic) bond motifs is 1.